The van der Waals surface area contributed by atoms with E-state index in [2.05, 4.69) is 20.0 Å². The summed E-state index contributed by atoms with van der Waals surface area (Å²) in [6.45, 7) is 9.35. The van der Waals surface area contributed by atoms with Gasteiger partial charge in [-0.3, -0.25) is 9.80 Å². The van der Waals surface area contributed by atoms with Gasteiger partial charge in [-0.1, -0.05) is 0 Å². The summed E-state index contributed by atoms with van der Waals surface area (Å²) < 4.78 is 1.96. The van der Waals surface area contributed by atoms with Crippen molar-refractivity contribution in [1.82, 2.24) is 24.6 Å². The Kier molecular flexibility index (Phi) is 3.99. The lowest BCUT2D eigenvalue weighted by atomic mass is 10.1. The molecular formula is C12H23N5O. The van der Waals surface area contributed by atoms with Crippen LogP contribution in [0.25, 0.3) is 0 Å². The molecule has 18 heavy (non-hydrogen) atoms. The maximum atomic E-state index is 9.80. The summed E-state index contributed by atoms with van der Waals surface area (Å²) in [5, 5.41) is 17.8. The van der Waals surface area contributed by atoms with Crippen LogP contribution in [0.1, 0.15) is 19.7 Å². The monoisotopic (exact) mass is 253 g/mol. The molecule has 1 aliphatic heterocycles. The maximum absolute atomic E-state index is 9.80. The van der Waals surface area contributed by atoms with Gasteiger partial charge in [0.05, 0.1) is 12.1 Å². The van der Waals surface area contributed by atoms with Crippen molar-refractivity contribution in [2.24, 2.45) is 7.05 Å². The molecule has 1 N–H and O–H groups in total. The van der Waals surface area contributed by atoms with Crippen LogP contribution in [0.3, 0.4) is 0 Å². The van der Waals surface area contributed by atoms with Crippen molar-refractivity contribution < 1.29 is 5.11 Å². The smallest absolute Gasteiger partial charge is 0.146 e. The lowest BCUT2D eigenvalue weighted by Gasteiger charge is -2.37. The van der Waals surface area contributed by atoms with Gasteiger partial charge in [-0.25, -0.2) is 0 Å². The second-order valence-electron chi connectivity index (χ2n) is 5.72. The van der Waals surface area contributed by atoms with Gasteiger partial charge in [0.1, 0.15) is 12.2 Å². The molecule has 102 valence electrons. The van der Waals surface area contributed by atoms with Crippen molar-refractivity contribution >= 4 is 0 Å². The third kappa shape index (κ3) is 3.76. The number of piperazine rings is 1. The highest BCUT2D eigenvalue weighted by Gasteiger charge is 2.23. The van der Waals surface area contributed by atoms with Gasteiger partial charge in [0.15, 0.2) is 0 Å². The molecule has 0 radical (unpaired) electrons. The van der Waals surface area contributed by atoms with Gasteiger partial charge in [0.25, 0.3) is 0 Å². The molecule has 1 aromatic rings. The first-order valence-corrected chi connectivity index (χ1v) is 6.44. The van der Waals surface area contributed by atoms with Crippen LogP contribution < -0.4 is 0 Å². The van der Waals surface area contributed by atoms with E-state index in [4.69, 9.17) is 0 Å². The number of aromatic nitrogens is 3. The Labute approximate surface area is 108 Å². The Bertz CT molecular complexity index is 376. The van der Waals surface area contributed by atoms with Crippen LogP contribution in [0.5, 0.6) is 0 Å². The number of aliphatic hydroxyl groups is 1. The van der Waals surface area contributed by atoms with Gasteiger partial charge in [0, 0.05) is 39.8 Å². The van der Waals surface area contributed by atoms with Crippen LogP contribution in [0.15, 0.2) is 6.33 Å². The predicted octanol–water partition coefficient (Wildman–Crippen LogP) is -0.296. The zero-order valence-corrected chi connectivity index (χ0v) is 11.5. The van der Waals surface area contributed by atoms with E-state index in [1.807, 2.05) is 25.5 Å². The van der Waals surface area contributed by atoms with Gasteiger partial charge >= 0.3 is 0 Å². The van der Waals surface area contributed by atoms with Crippen molar-refractivity contribution in [3.8, 4) is 0 Å². The normalized spacial score (nSPS) is 19.3. The fourth-order valence-electron chi connectivity index (χ4n) is 2.30. The molecule has 0 aliphatic carbocycles. The van der Waals surface area contributed by atoms with Crippen LogP contribution in [0.2, 0.25) is 0 Å². The van der Waals surface area contributed by atoms with Gasteiger partial charge in [-0.2, -0.15) is 0 Å². The summed E-state index contributed by atoms with van der Waals surface area (Å²) >= 11 is 0. The topological polar surface area (TPSA) is 57.4 Å². The van der Waals surface area contributed by atoms with Crippen LogP contribution in [-0.2, 0) is 13.6 Å². The van der Waals surface area contributed by atoms with Crippen LogP contribution in [-0.4, -0.2) is 68.0 Å². The van der Waals surface area contributed by atoms with Gasteiger partial charge in [0.2, 0.25) is 0 Å². The number of aryl methyl sites for hydroxylation is 1. The Morgan fingerprint density at radius 3 is 2.33 bits per heavy atom. The molecular weight excluding hydrogens is 230 g/mol. The van der Waals surface area contributed by atoms with E-state index >= 15 is 0 Å². The molecule has 0 unspecified atom stereocenters. The zero-order chi connectivity index (χ0) is 13.2. The van der Waals surface area contributed by atoms with Gasteiger partial charge < -0.3 is 9.67 Å². The molecule has 0 bridgehead atoms. The largest absolute Gasteiger partial charge is 0.389 e. The third-order valence-electron chi connectivity index (χ3n) is 3.25. The minimum atomic E-state index is -0.605. The Morgan fingerprint density at radius 1 is 1.22 bits per heavy atom. The Morgan fingerprint density at radius 2 is 1.83 bits per heavy atom. The van der Waals surface area contributed by atoms with Crippen molar-refractivity contribution in [1.29, 1.82) is 0 Å². The second-order valence-corrected chi connectivity index (χ2v) is 5.72. The van der Waals surface area contributed by atoms with Crippen molar-refractivity contribution in [3.05, 3.63) is 12.2 Å². The highest BCUT2D eigenvalue weighted by Crippen LogP contribution is 2.10. The molecule has 0 amide bonds. The standard InChI is InChI=1S/C12H23N5O/c1-12(2,18)9-17-6-4-16(5-7-17)8-11-14-13-10-15(11)3/h10,18H,4-9H2,1-3H3. The molecule has 0 atom stereocenters. The lowest BCUT2D eigenvalue weighted by Crippen LogP contribution is -2.50. The van der Waals surface area contributed by atoms with E-state index < -0.39 is 5.60 Å². The minimum Gasteiger partial charge on any atom is -0.389 e. The number of nitrogens with zero attached hydrogens (tertiary/aromatic N) is 5. The van der Waals surface area contributed by atoms with Crippen LogP contribution in [0.4, 0.5) is 0 Å². The van der Waals surface area contributed by atoms with E-state index in [9.17, 15) is 5.11 Å². The van der Waals surface area contributed by atoms with Crippen molar-refractivity contribution in [2.45, 2.75) is 26.0 Å². The van der Waals surface area contributed by atoms with E-state index in [0.717, 1.165) is 45.1 Å². The third-order valence-corrected chi connectivity index (χ3v) is 3.25. The number of β-amino-alcohol motifs (C(OH)–C–C–N with tert-alkyl or cyclic N) is 1. The molecule has 1 aromatic heterocycles. The molecule has 6 heteroatoms. The lowest BCUT2D eigenvalue weighted by molar-refractivity contribution is 0.0162. The molecule has 0 saturated carbocycles. The first-order valence-electron chi connectivity index (χ1n) is 6.44. The first-order chi connectivity index (χ1) is 8.44. The number of hydrogen-bond acceptors (Lipinski definition) is 5. The Hall–Kier alpha value is -0.980. The van der Waals surface area contributed by atoms with Gasteiger partial charge in [-0.15, -0.1) is 10.2 Å². The summed E-state index contributed by atoms with van der Waals surface area (Å²) in [6.07, 6.45) is 1.74. The zero-order valence-electron chi connectivity index (χ0n) is 11.5. The maximum Gasteiger partial charge on any atom is 0.146 e. The van der Waals surface area contributed by atoms with Crippen LogP contribution >= 0.6 is 0 Å². The fourth-order valence-corrected chi connectivity index (χ4v) is 2.30. The van der Waals surface area contributed by atoms with E-state index in [1.165, 1.54) is 0 Å². The summed E-state index contributed by atoms with van der Waals surface area (Å²) in [5.41, 5.74) is -0.605. The molecule has 1 fully saturated rings. The molecule has 2 rings (SSSR count). The average molecular weight is 253 g/mol. The molecule has 1 aliphatic rings. The van der Waals surface area contributed by atoms with E-state index in [-0.39, 0.29) is 0 Å². The molecule has 1 saturated heterocycles. The van der Waals surface area contributed by atoms with Crippen molar-refractivity contribution in [3.63, 3.8) is 0 Å². The van der Waals surface area contributed by atoms with E-state index in [1.54, 1.807) is 6.33 Å². The minimum absolute atomic E-state index is 0.605. The number of hydrogen-bond donors (Lipinski definition) is 1. The summed E-state index contributed by atoms with van der Waals surface area (Å²) in [4.78, 5) is 4.69. The molecule has 2 heterocycles. The quantitative estimate of drug-likeness (QED) is 0.798. The SMILES string of the molecule is Cn1cnnc1CN1CCN(CC(C)(C)O)CC1. The highest BCUT2D eigenvalue weighted by molar-refractivity contribution is 4.86. The molecule has 6 nitrogen and oxygen atoms in total. The predicted molar refractivity (Wildman–Crippen MR) is 69.0 cm³/mol. The summed E-state index contributed by atoms with van der Waals surface area (Å²) in [5.74, 6) is 1.01. The van der Waals surface area contributed by atoms with E-state index in [0.29, 0.717) is 0 Å². The van der Waals surface area contributed by atoms with Crippen molar-refractivity contribution in [2.75, 3.05) is 32.7 Å². The summed E-state index contributed by atoms with van der Waals surface area (Å²) in [7, 11) is 1.97. The molecule has 0 aromatic carbocycles. The first kappa shape index (κ1) is 13.5. The van der Waals surface area contributed by atoms with Crippen LogP contribution in [0, 0.1) is 0 Å². The number of rotatable bonds is 4. The summed E-state index contributed by atoms with van der Waals surface area (Å²) in [6, 6.07) is 0. The Balaban J connectivity index is 1.79. The average Bonchev–Trinajstić information content (AvgIpc) is 2.65. The fraction of sp³-hybridized carbons (Fsp3) is 0.833. The van der Waals surface area contributed by atoms with Gasteiger partial charge in [-0.05, 0) is 13.8 Å². The highest BCUT2D eigenvalue weighted by atomic mass is 16.3. The second kappa shape index (κ2) is 5.34. The molecule has 0 spiro atoms.